The SMILES string of the molecule is CCC1(C)NC(CC(C)C)N(CC(C)OC)C1=O. The second-order valence-corrected chi connectivity index (χ2v) is 5.98. The highest BCUT2D eigenvalue weighted by atomic mass is 16.5. The molecule has 1 fully saturated rings. The number of hydrogen-bond donors (Lipinski definition) is 1. The van der Waals surface area contributed by atoms with Crippen LogP contribution in [0.25, 0.3) is 0 Å². The summed E-state index contributed by atoms with van der Waals surface area (Å²) in [7, 11) is 1.69. The van der Waals surface area contributed by atoms with Crippen LogP contribution in [0.3, 0.4) is 0 Å². The van der Waals surface area contributed by atoms with Gasteiger partial charge in [-0.15, -0.1) is 0 Å². The van der Waals surface area contributed by atoms with E-state index in [0.29, 0.717) is 12.5 Å². The monoisotopic (exact) mass is 256 g/mol. The molecule has 0 aromatic rings. The van der Waals surface area contributed by atoms with E-state index in [1.807, 2.05) is 18.7 Å². The van der Waals surface area contributed by atoms with Crippen LogP contribution in [0.4, 0.5) is 0 Å². The minimum absolute atomic E-state index is 0.0737. The third-order valence-electron chi connectivity index (χ3n) is 3.85. The average molecular weight is 256 g/mol. The van der Waals surface area contributed by atoms with Gasteiger partial charge in [0.05, 0.1) is 17.8 Å². The predicted octanol–water partition coefficient (Wildman–Crippen LogP) is 1.99. The number of hydrogen-bond acceptors (Lipinski definition) is 3. The molecule has 3 atom stereocenters. The highest BCUT2D eigenvalue weighted by Gasteiger charge is 2.46. The summed E-state index contributed by atoms with van der Waals surface area (Å²) in [4.78, 5) is 14.5. The topological polar surface area (TPSA) is 41.6 Å². The van der Waals surface area contributed by atoms with E-state index in [-0.39, 0.29) is 18.2 Å². The lowest BCUT2D eigenvalue weighted by Gasteiger charge is -2.27. The molecular formula is C14H28N2O2. The molecule has 1 heterocycles. The van der Waals surface area contributed by atoms with E-state index in [0.717, 1.165) is 12.8 Å². The molecule has 0 aromatic heterocycles. The molecule has 3 unspecified atom stereocenters. The van der Waals surface area contributed by atoms with Crippen molar-refractivity contribution < 1.29 is 9.53 Å². The average Bonchev–Trinajstić information content (AvgIpc) is 2.53. The summed E-state index contributed by atoms with van der Waals surface area (Å²) in [6, 6.07) is 0. The van der Waals surface area contributed by atoms with E-state index in [2.05, 4.69) is 26.1 Å². The first-order valence-corrected chi connectivity index (χ1v) is 6.95. The summed E-state index contributed by atoms with van der Waals surface area (Å²) in [5.41, 5.74) is -0.410. The van der Waals surface area contributed by atoms with Crippen LogP contribution in [0.5, 0.6) is 0 Å². The third kappa shape index (κ3) is 3.23. The Morgan fingerprint density at radius 2 is 2.06 bits per heavy atom. The summed E-state index contributed by atoms with van der Waals surface area (Å²) in [5.74, 6) is 0.773. The van der Waals surface area contributed by atoms with Gasteiger partial charge < -0.3 is 9.64 Å². The highest BCUT2D eigenvalue weighted by molar-refractivity contribution is 5.88. The van der Waals surface area contributed by atoms with Gasteiger partial charge in [0.25, 0.3) is 0 Å². The van der Waals surface area contributed by atoms with Gasteiger partial charge in [-0.25, -0.2) is 0 Å². The van der Waals surface area contributed by atoms with Gasteiger partial charge in [-0.2, -0.15) is 0 Å². The number of rotatable bonds is 6. The maximum absolute atomic E-state index is 12.5. The van der Waals surface area contributed by atoms with Crippen LogP contribution in [-0.4, -0.2) is 42.3 Å². The van der Waals surface area contributed by atoms with Crippen molar-refractivity contribution >= 4 is 5.91 Å². The quantitative estimate of drug-likeness (QED) is 0.790. The van der Waals surface area contributed by atoms with Crippen molar-refractivity contribution in [2.45, 2.75) is 65.3 Å². The molecule has 1 N–H and O–H groups in total. The summed E-state index contributed by atoms with van der Waals surface area (Å²) in [5, 5.41) is 3.50. The van der Waals surface area contributed by atoms with Crippen LogP contribution in [0.15, 0.2) is 0 Å². The molecule has 0 aromatic carbocycles. The Labute approximate surface area is 111 Å². The van der Waals surface area contributed by atoms with E-state index < -0.39 is 5.54 Å². The second-order valence-electron chi connectivity index (χ2n) is 5.98. The van der Waals surface area contributed by atoms with E-state index in [1.54, 1.807) is 7.11 Å². The lowest BCUT2D eigenvalue weighted by Crippen LogP contribution is -2.44. The van der Waals surface area contributed by atoms with Crippen LogP contribution < -0.4 is 5.32 Å². The van der Waals surface area contributed by atoms with Gasteiger partial charge in [0.2, 0.25) is 5.91 Å². The van der Waals surface area contributed by atoms with Gasteiger partial charge in [-0.1, -0.05) is 20.8 Å². The smallest absolute Gasteiger partial charge is 0.243 e. The fraction of sp³-hybridized carbons (Fsp3) is 0.929. The molecule has 18 heavy (non-hydrogen) atoms. The van der Waals surface area contributed by atoms with Crippen molar-refractivity contribution in [1.29, 1.82) is 0 Å². The van der Waals surface area contributed by atoms with E-state index in [4.69, 9.17) is 4.74 Å². The number of amides is 1. The zero-order chi connectivity index (χ0) is 13.9. The molecular weight excluding hydrogens is 228 g/mol. The molecule has 1 amide bonds. The summed E-state index contributed by atoms with van der Waals surface area (Å²) in [6.07, 6.45) is 2.01. The fourth-order valence-corrected chi connectivity index (χ4v) is 2.41. The molecule has 106 valence electrons. The van der Waals surface area contributed by atoms with Gasteiger partial charge >= 0.3 is 0 Å². The largest absolute Gasteiger partial charge is 0.380 e. The molecule has 0 aliphatic carbocycles. The van der Waals surface area contributed by atoms with Crippen molar-refractivity contribution in [3.63, 3.8) is 0 Å². The van der Waals surface area contributed by atoms with E-state index in [9.17, 15) is 4.79 Å². The molecule has 0 radical (unpaired) electrons. The first-order valence-electron chi connectivity index (χ1n) is 6.95. The second kappa shape index (κ2) is 6.02. The van der Waals surface area contributed by atoms with Crippen molar-refractivity contribution in [3.8, 4) is 0 Å². The lowest BCUT2D eigenvalue weighted by atomic mass is 9.99. The Balaban J connectivity index is 2.83. The number of carbonyl (C=O) groups is 1. The van der Waals surface area contributed by atoms with Crippen LogP contribution in [0.1, 0.15) is 47.5 Å². The highest BCUT2D eigenvalue weighted by Crippen LogP contribution is 2.27. The first-order chi connectivity index (χ1) is 8.34. The lowest BCUT2D eigenvalue weighted by molar-refractivity contribution is -0.134. The minimum atomic E-state index is -0.410. The van der Waals surface area contributed by atoms with Gasteiger partial charge in [0.15, 0.2) is 0 Å². The number of methoxy groups -OCH3 is 1. The normalized spacial score (nSPS) is 30.3. The van der Waals surface area contributed by atoms with Crippen molar-refractivity contribution in [2.24, 2.45) is 5.92 Å². The number of nitrogens with one attached hydrogen (secondary N) is 1. The molecule has 4 heteroatoms. The number of ether oxygens (including phenoxy) is 1. The molecule has 1 saturated heterocycles. The Hall–Kier alpha value is -0.610. The van der Waals surface area contributed by atoms with Gasteiger partial charge in [0.1, 0.15) is 0 Å². The van der Waals surface area contributed by atoms with E-state index in [1.165, 1.54) is 0 Å². The molecule has 4 nitrogen and oxygen atoms in total. The van der Waals surface area contributed by atoms with Gasteiger partial charge in [-0.05, 0) is 32.6 Å². The summed E-state index contributed by atoms with van der Waals surface area (Å²) >= 11 is 0. The van der Waals surface area contributed by atoms with Gasteiger partial charge in [0, 0.05) is 13.7 Å². The third-order valence-corrected chi connectivity index (χ3v) is 3.85. The minimum Gasteiger partial charge on any atom is -0.380 e. The van der Waals surface area contributed by atoms with Gasteiger partial charge in [-0.3, -0.25) is 10.1 Å². The fourth-order valence-electron chi connectivity index (χ4n) is 2.41. The van der Waals surface area contributed by atoms with Crippen molar-refractivity contribution in [1.82, 2.24) is 10.2 Å². The molecule has 0 spiro atoms. The molecule has 1 aliphatic heterocycles. The molecule has 1 rings (SSSR count). The maximum Gasteiger partial charge on any atom is 0.243 e. The summed E-state index contributed by atoms with van der Waals surface area (Å²) in [6.45, 7) is 11.1. The molecule has 0 saturated carbocycles. The first kappa shape index (κ1) is 15.4. The van der Waals surface area contributed by atoms with E-state index >= 15 is 0 Å². The van der Waals surface area contributed by atoms with Crippen LogP contribution in [-0.2, 0) is 9.53 Å². The Morgan fingerprint density at radius 1 is 1.44 bits per heavy atom. The molecule has 1 aliphatic rings. The maximum atomic E-state index is 12.5. The summed E-state index contributed by atoms with van der Waals surface area (Å²) < 4.78 is 5.29. The Bertz CT molecular complexity index is 294. The molecule has 0 bridgehead atoms. The van der Waals surface area contributed by atoms with Crippen LogP contribution in [0, 0.1) is 5.92 Å². The van der Waals surface area contributed by atoms with Crippen molar-refractivity contribution in [2.75, 3.05) is 13.7 Å². The number of carbonyl (C=O) groups excluding carboxylic acids is 1. The predicted molar refractivity (Wildman–Crippen MR) is 73.3 cm³/mol. The Kier molecular flexibility index (Phi) is 5.17. The number of nitrogens with zero attached hydrogens (tertiary/aromatic N) is 1. The Morgan fingerprint density at radius 3 is 2.50 bits per heavy atom. The van der Waals surface area contributed by atoms with Crippen LogP contribution in [0.2, 0.25) is 0 Å². The standard InChI is InChI=1S/C14H28N2O2/c1-7-14(5)13(17)16(9-11(4)18-6)12(15-14)8-10(2)3/h10-12,15H,7-9H2,1-6H3. The van der Waals surface area contributed by atoms with Crippen molar-refractivity contribution in [3.05, 3.63) is 0 Å². The zero-order valence-electron chi connectivity index (χ0n) is 12.6. The van der Waals surface area contributed by atoms with Crippen LogP contribution >= 0.6 is 0 Å². The zero-order valence-corrected chi connectivity index (χ0v) is 12.6.